The third kappa shape index (κ3) is 3.04. The molecule has 3 heteroatoms. The summed E-state index contributed by atoms with van der Waals surface area (Å²) in [5.74, 6) is 6.47. The third-order valence-electron chi connectivity index (χ3n) is 3.63. The fourth-order valence-corrected chi connectivity index (χ4v) is 2.62. The first-order chi connectivity index (χ1) is 10.3. The molecular weight excluding hydrogens is 287 g/mol. The summed E-state index contributed by atoms with van der Waals surface area (Å²) in [5.41, 5.74) is 3.27. The van der Waals surface area contributed by atoms with Crippen LogP contribution >= 0.6 is 11.6 Å². The molecule has 21 heavy (non-hydrogen) atoms. The molecule has 2 aromatic rings. The lowest BCUT2D eigenvalue weighted by molar-refractivity contribution is 0.274. The maximum atomic E-state index is 13.3. The van der Waals surface area contributed by atoms with E-state index in [0.717, 1.165) is 6.42 Å². The number of halogens is 2. The van der Waals surface area contributed by atoms with E-state index in [1.165, 1.54) is 23.3 Å². The fourth-order valence-electron chi connectivity index (χ4n) is 2.56. The molecule has 0 spiro atoms. The first-order valence-corrected chi connectivity index (χ1v) is 7.36. The molecule has 2 aromatic carbocycles. The minimum absolute atomic E-state index is 0.214. The van der Waals surface area contributed by atoms with Crippen molar-refractivity contribution in [1.82, 2.24) is 0 Å². The van der Waals surface area contributed by atoms with E-state index < -0.39 is 0 Å². The number of hydrogen-bond donors (Lipinski definition) is 0. The molecular formula is C18H14ClFO. The summed E-state index contributed by atoms with van der Waals surface area (Å²) in [6, 6.07) is 12.8. The van der Waals surface area contributed by atoms with E-state index in [1.807, 2.05) is 6.07 Å². The van der Waals surface area contributed by atoms with Gasteiger partial charge in [0.25, 0.3) is 0 Å². The number of rotatable bonds is 3. The van der Waals surface area contributed by atoms with Gasteiger partial charge in [-0.15, -0.1) is 11.6 Å². The van der Waals surface area contributed by atoms with Crippen LogP contribution in [0.15, 0.2) is 42.5 Å². The van der Waals surface area contributed by atoms with Gasteiger partial charge in [0.2, 0.25) is 0 Å². The Morgan fingerprint density at radius 3 is 2.90 bits per heavy atom. The first-order valence-electron chi connectivity index (χ1n) is 6.83. The highest BCUT2D eigenvalue weighted by Crippen LogP contribution is 2.35. The van der Waals surface area contributed by atoms with Gasteiger partial charge in [-0.25, -0.2) is 4.39 Å². The van der Waals surface area contributed by atoms with E-state index in [4.69, 9.17) is 16.3 Å². The normalized spacial score (nSPS) is 15.4. The van der Waals surface area contributed by atoms with E-state index in [-0.39, 0.29) is 11.7 Å². The summed E-state index contributed by atoms with van der Waals surface area (Å²) in [4.78, 5) is 0. The molecule has 0 heterocycles. The molecule has 1 aliphatic carbocycles. The lowest BCUT2D eigenvalue weighted by Crippen LogP contribution is -2.23. The predicted octanol–water partition coefficient (Wildman–Crippen LogP) is 4.13. The van der Waals surface area contributed by atoms with Crippen LogP contribution in [0.25, 0.3) is 0 Å². The summed E-state index contributed by atoms with van der Waals surface area (Å²) in [5, 5.41) is 0. The van der Waals surface area contributed by atoms with E-state index in [1.54, 1.807) is 6.07 Å². The number of fused-ring (bicyclic) bond motifs is 1. The Bertz CT molecular complexity index is 715. The zero-order chi connectivity index (χ0) is 14.7. The second kappa shape index (κ2) is 6.20. The second-order valence-corrected chi connectivity index (χ2v) is 5.25. The average Bonchev–Trinajstić information content (AvgIpc) is 2.47. The van der Waals surface area contributed by atoms with Crippen LogP contribution < -0.4 is 4.74 Å². The summed E-state index contributed by atoms with van der Waals surface area (Å²) in [7, 11) is 0. The monoisotopic (exact) mass is 300 g/mol. The largest absolute Gasteiger partial charge is 0.492 e. The molecule has 1 unspecified atom stereocenters. The molecule has 1 atom stereocenters. The maximum Gasteiger partial charge on any atom is 0.135 e. The molecule has 0 radical (unpaired) electrons. The Kier molecular flexibility index (Phi) is 4.13. The summed E-state index contributed by atoms with van der Waals surface area (Å²) < 4.78 is 19.1. The van der Waals surface area contributed by atoms with Gasteiger partial charge < -0.3 is 4.74 Å². The van der Waals surface area contributed by atoms with Crippen molar-refractivity contribution in [2.24, 2.45) is 0 Å². The lowest BCUT2D eigenvalue weighted by Gasteiger charge is -2.30. The van der Waals surface area contributed by atoms with Crippen LogP contribution in [-0.2, 0) is 6.42 Å². The third-order valence-corrected chi connectivity index (χ3v) is 3.77. The Balaban J connectivity index is 1.72. The van der Waals surface area contributed by atoms with Crippen molar-refractivity contribution in [2.75, 3.05) is 12.5 Å². The molecule has 1 aliphatic rings. The molecule has 0 amide bonds. The van der Waals surface area contributed by atoms with Crippen molar-refractivity contribution in [3.63, 3.8) is 0 Å². The molecule has 1 nitrogen and oxygen atoms in total. The highest BCUT2D eigenvalue weighted by molar-refractivity contribution is 6.19. The van der Waals surface area contributed by atoms with Crippen LogP contribution in [0, 0.1) is 17.7 Å². The Morgan fingerprint density at radius 1 is 1.24 bits per heavy atom. The van der Waals surface area contributed by atoms with Crippen LogP contribution in [0.3, 0.4) is 0 Å². The second-order valence-electron chi connectivity index (χ2n) is 4.99. The number of benzene rings is 2. The first kappa shape index (κ1) is 14.0. The molecule has 0 aliphatic heterocycles. The van der Waals surface area contributed by atoms with Gasteiger partial charge in [-0.1, -0.05) is 36.1 Å². The van der Waals surface area contributed by atoms with Gasteiger partial charge in [0.05, 0.1) is 18.1 Å². The van der Waals surface area contributed by atoms with Crippen molar-refractivity contribution in [1.29, 1.82) is 0 Å². The minimum Gasteiger partial charge on any atom is -0.492 e. The highest BCUT2D eigenvalue weighted by Gasteiger charge is 2.26. The van der Waals surface area contributed by atoms with Crippen molar-refractivity contribution in [2.45, 2.75) is 12.3 Å². The van der Waals surface area contributed by atoms with E-state index in [0.29, 0.717) is 23.8 Å². The molecule has 0 aromatic heterocycles. The standard InChI is InChI=1S/C18H14ClFO/c19-9-3-5-14-11-16(20)7-8-18(14)21-12-15-10-13-4-1-2-6-17(13)15/h1-2,4,6-8,11,15H,9-10,12H2. The topological polar surface area (TPSA) is 9.23 Å². The zero-order valence-corrected chi connectivity index (χ0v) is 12.2. The van der Waals surface area contributed by atoms with Gasteiger partial charge in [0.1, 0.15) is 11.6 Å². The van der Waals surface area contributed by atoms with E-state index in [9.17, 15) is 4.39 Å². The van der Waals surface area contributed by atoms with Gasteiger partial charge >= 0.3 is 0 Å². The van der Waals surface area contributed by atoms with E-state index >= 15 is 0 Å². The van der Waals surface area contributed by atoms with Crippen molar-refractivity contribution in [3.05, 3.63) is 65.0 Å². The van der Waals surface area contributed by atoms with Gasteiger partial charge in [-0.3, -0.25) is 0 Å². The van der Waals surface area contributed by atoms with E-state index in [2.05, 4.69) is 30.0 Å². The quantitative estimate of drug-likeness (QED) is 0.611. The fraction of sp³-hybridized carbons (Fsp3) is 0.222. The summed E-state index contributed by atoms with van der Waals surface area (Å²) in [6.45, 7) is 0.582. The average molecular weight is 301 g/mol. The van der Waals surface area contributed by atoms with Gasteiger partial charge in [0, 0.05) is 5.92 Å². The number of hydrogen-bond acceptors (Lipinski definition) is 1. The SMILES string of the molecule is Fc1ccc(OCC2Cc3ccccc32)c(C#CCCl)c1. The van der Waals surface area contributed by atoms with Gasteiger partial charge in [0.15, 0.2) is 0 Å². The van der Waals surface area contributed by atoms with Crippen LogP contribution in [-0.4, -0.2) is 12.5 Å². The van der Waals surface area contributed by atoms with Crippen LogP contribution in [0.5, 0.6) is 5.75 Å². The van der Waals surface area contributed by atoms with Gasteiger partial charge in [-0.2, -0.15) is 0 Å². The smallest absolute Gasteiger partial charge is 0.135 e. The molecule has 106 valence electrons. The molecule has 3 rings (SSSR count). The Labute approximate surface area is 128 Å². The summed E-state index contributed by atoms with van der Waals surface area (Å²) >= 11 is 5.55. The molecule has 0 N–H and O–H groups in total. The highest BCUT2D eigenvalue weighted by atomic mass is 35.5. The van der Waals surface area contributed by atoms with Crippen molar-refractivity contribution >= 4 is 11.6 Å². The zero-order valence-electron chi connectivity index (χ0n) is 11.4. The minimum atomic E-state index is -0.324. The predicted molar refractivity (Wildman–Crippen MR) is 82.4 cm³/mol. The van der Waals surface area contributed by atoms with Crippen molar-refractivity contribution < 1.29 is 9.13 Å². The lowest BCUT2D eigenvalue weighted by atomic mass is 9.78. The Hall–Kier alpha value is -1.98. The number of alkyl halides is 1. The molecule has 0 fully saturated rings. The maximum absolute atomic E-state index is 13.3. The Morgan fingerprint density at radius 2 is 2.10 bits per heavy atom. The summed E-state index contributed by atoms with van der Waals surface area (Å²) in [6.07, 6.45) is 1.03. The molecule has 0 bridgehead atoms. The number of ether oxygens (including phenoxy) is 1. The van der Waals surface area contributed by atoms with Crippen LogP contribution in [0.4, 0.5) is 4.39 Å². The molecule has 0 saturated carbocycles. The van der Waals surface area contributed by atoms with Crippen LogP contribution in [0.2, 0.25) is 0 Å². The molecule has 0 saturated heterocycles. The van der Waals surface area contributed by atoms with Crippen LogP contribution in [0.1, 0.15) is 22.6 Å². The van der Waals surface area contributed by atoms with Gasteiger partial charge in [-0.05, 0) is 35.7 Å². The van der Waals surface area contributed by atoms with Crippen molar-refractivity contribution in [3.8, 4) is 17.6 Å².